The maximum Gasteiger partial charge on any atom is 0.0995 e. The zero-order valence-electron chi connectivity index (χ0n) is 9.76. The largest absolute Gasteiger partial charge is 0.295 e. The summed E-state index contributed by atoms with van der Waals surface area (Å²) in [5.74, 6) is 0. The van der Waals surface area contributed by atoms with Gasteiger partial charge in [-0.25, -0.2) is 0 Å². The number of benzene rings is 1. The van der Waals surface area contributed by atoms with Crippen LogP contribution >= 0.6 is 0 Å². The lowest BCUT2D eigenvalue weighted by molar-refractivity contribution is 0.260. The molecule has 0 heterocycles. The van der Waals surface area contributed by atoms with Crippen molar-refractivity contribution >= 4 is 0 Å². The van der Waals surface area contributed by atoms with Crippen LogP contribution < -0.4 is 0 Å². The smallest absolute Gasteiger partial charge is 0.0995 e. The van der Waals surface area contributed by atoms with Gasteiger partial charge in [-0.05, 0) is 24.5 Å². The molecule has 3 heteroatoms. The van der Waals surface area contributed by atoms with Crippen molar-refractivity contribution < 1.29 is 0 Å². The molecule has 17 heavy (non-hydrogen) atoms. The van der Waals surface area contributed by atoms with Crippen LogP contribution in [0.25, 0.3) is 0 Å². The van der Waals surface area contributed by atoms with E-state index in [1.807, 2.05) is 24.3 Å². The third-order valence-corrected chi connectivity index (χ3v) is 3.09. The molecule has 3 nitrogen and oxygen atoms in total. The van der Waals surface area contributed by atoms with E-state index < -0.39 is 0 Å². The fourth-order valence-corrected chi connectivity index (χ4v) is 2.01. The molecule has 1 aromatic rings. The first-order chi connectivity index (χ1) is 8.35. The monoisotopic (exact) mass is 225 g/mol. The number of hydrogen-bond donors (Lipinski definition) is 0. The lowest BCUT2D eigenvalue weighted by Gasteiger charge is -2.21. The summed E-state index contributed by atoms with van der Waals surface area (Å²) >= 11 is 0. The van der Waals surface area contributed by atoms with Gasteiger partial charge in [-0.15, -0.1) is 0 Å². The van der Waals surface area contributed by atoms with Crippen LogP contribution in [0.3, 0.4) is 0 Å². The maximum absolute atomic E-state index is 9.04. The fourth-order valence-electron chi connectivity index (χ4n) is 2.01. The SMILES string of the molecule is N#CCCN(Cc1ccccc1C#N)C1CC1. The van der Waals surface area contributed by atoms with Gasteiger partial charge in [0.05, 0.1) is 17.7 Å². The van der Waals surface area contributed by atoms with Gasteiger partial charge in [0.1, 0.15) is 0 Å². The van der Waals surface area contributed by atoms with Crippen LogP contribution in [0.15, 0.2) is 24.3 Å². The van der Waals surface area contributed by atoms with E-state index in [2.05, 4.69) is 17.0 Å². The molecule has 0 unspecified atom stereocenters. The minimum atomic E-state index is 0.561. The zero-order chi connectivity index (χ0) is 12.1. The standard InChI is InChI=1S/C14H15N3/c15-8-3-9-17(14-6-7-14)11-13-5-2-1-4-12(13)10-16/h1-2,4-5,14H,3,6-7,9,11H2. The summed E-state index contributed by atoms with van der Waals surface area (Å²) in [4.78, 5) is 2.32. The molecule has 1 aliphatic carbocycles. The molecule has 1 saturated carbocycles. The highest BCUT2D eigenvalue weighted by atomic mass is 15.2. The van der Waals surface area contributed by atoms with E-state index in [4.69, 9.17) is 10.5 Å². The second-order valence-electron chi connectivity index (χ2n) is 4.38. The molecule has 0 aromatic heterocycles. The van der Waals surface area contributed by atoms with Crippen molar-refractivity contribution in [1.82, 2.24) is 4.90 Å². The predicted molar refractivity (Wildman–Crippen MR) is 64.8 cm³/mol. The molecule has 0 N–H and O–H groups in total. The van der Waals surface area contributed by atoms with E-state index in [-0.39, 0.29) is 0 Å². The minimum absolute atomic E-state index is 0.561. The summed E-state index contributed by atoms with van der Waals surface area (Å²) in [7, 11) is 0. The van der Waals surface area contributed by atoms with Gasteiger partial charge in [-0.2, -0.15) is 10.5 Å². The van der Waals surface area contributed by atoms with Crippen LogP contribution in [0.5, 0.6) is 0 Å². The van der Waals surface area contributed by atoms with Gasteiger partial charge in [-0.1, -0.05) is 18.2 Å². The zero-order valence-corrected chi connectivity index (χ0v) is 9.76. The molecule has 0 spiro atoms. The molecule has 0 bridgehead atoms. The molecule has 0 amide bonds. The van der Waals surface area contributed by atoms with E-state index in [1.54, 1.807) is 0 Å². The Hall–Kier alpha value is -1.84. The number of nitriles is 2. The van der Waals surface area contributed by atoms with Crippen LogP contribution in [0.1, 0.15) is 30.4 Å². The first kappa shape index (κ1) is 11.6. The van der Waals surface area contributed by atoms with Gasteiger partial charge in [0, 0.05) is 25.6 Å². The van der Waals surface area contributed by atoms with Crippen molar-refractivity contribution in [3.05, 3.63) is 35.4 Å². The van der Waals surface area contributed by atoms with Gasteiger partial charge in [0.2, 0.25) is 0 Å². The highest BCUT2D eigenvalue weighted by molar-refractivity contribution is 5.37. The number of rotatable bonds is 5. The molecule has 0 radical (unpaired) electrons. The maximum atomic E-state index is 9.04. The Morgan fingerprint density at radius 3 is 2.65 bits per heavy atom. The molecule has 1 aliphatic rings. The molecule has 0 atom stereocenters. The number of nitrogens with zero attached hydrogens (tertiary/aromatic N) is 3. The summed E-state index contributed by atoms with van der Waals surface area (Å²) in [5, 5.41) is 17.7. The summed E-state index contributed by atoms with van der Waals surface area (Å²) in [6.07, 6.45) is 3.01. The van der Waals surface area contributed by atoms with E-state index >= 15 is 0 Å². The lowest BCUT2D eigenvalue weighted by atomic mass is 10.1. The summed E-state index contributed by atoms with van der Waals surface area (Å²) in [6, 6.07) is 12.7. The third-order valence-electron chi connectivity index (χ3n) is 3.09. The second kappa shape index (κ2) is 5.48. The van der Waals surface area contributed by atoms with Crippen molar-refractivity contribution in [3.8, 4) is 12.1 Å². The van der Waals surface area contributed by atoms with Gasteiger partial charge in [0.25, 0.3) is 0 Å². The van der Waals surface area contributed by atoms with E-state index in [0.29, 0.717) is 12.5 Å². The topological polar surface area (TPSA) is 50.8 Å². The molecular formula is C14H15N3. The van der Waals surface area contributed by atoms with Gasteiger partial charge >= 0.3 is 0 Å². The molecule has 1 fully saturated rings. The highest BCUT2D eigenvalue weighted by Crippen LogP contribution is 2.28. The Balaban J connectivity index is 2.07. The minimum Gasteiger partial charge on any atom is -0.295 e. The Bertz CT molecular complexity index is 463. The Morgan fingerprint density at radius 1 is 1.24 bits per heavy atom. The Kier molecular flexibility index (Phi) is 3.75. The Labute approximate surface area is 102 Å². The average Bonchev–Trinajstić information content (AvgIpc) is 3.19. The average molecular weight is 225 g/mol. The first-order valence-corrected chi connectivity index (χ1v) is 5.94. The van der Waals surface area contributed by atoms with Crippen molar-refractivity contribution in [2.24, 2.45) is 0 Å². The van der Waals surface area contributed by atoms with Crippen molar-refractivity contribution in [2.75, 3.05) is 6.54 Å². The summed E-state index contributed by atoms with van der Waals surface area (Å²) < 4.78 is 0. The van der Waals surface area contributed by atoms with Gasteiger partial charge < -0.3 is 0 Å². The quantitative estimate of drug-likeness (QED) is 0.773. The van der Waals surface area contributed by atoms with Crippen molar-refractivity contribution in [1.29, 1.82) is 10.5 Å². The third kappa shape index (κ3) is 3.06. The Morgan fingerprint density at radius 2 is 2.00 bits per heavy atom. The normalized spacial score (nSPS) is 14.3. The van der Waals surface area contributed by atoms with Crippen LogP contribution in [0.2, 0.25) is 0 Å². The van der Waals surface area contributed by atoms with E-state index in [1.165, 1.54) is 12.8 Å². The molecule has 0 aliphatic heterocycles. The van der Waals surface area contributed by atoms with Crippen LogP contribution in [0, 0.1) is 22.7 Å². The summed E-state index contributed by atoms with van der Waals surface area (Å²) in [6.45, 7) is 1.59. The second-order valence-corrected chi connectivity index (χ2v) is 4.38. The predicted octanol–water partition coefficient (Wildman–Crippen LogP) is 2.44. The molecular weight excluding hydrogens is 210 g/mol. The van der Waals surface area contributed by atoms with Crippen molar-refractivity contribution in [3.63, 3.8) is 0 Å². The van der Waals surface area contributed by atoms with Crippen LogP contribution in [0.4, 0.5) is 0 Å². The highest BCUT2D eigenvalue weighted by Gasteiger charge is 2.28. The molecule has 2 rings (SSSR count). The van der Waals surface area contributed by atoms with Crippen LogP contribution in [-0.2, 0) is 6.54 Å². The summed E-state index contributed by atoms with van der Waals surface area (Å²) in [5.41, 5.74) is 1.81. The first-order valence-electron chi connectivity index (χ1n) is 5.94. The van der Waals surface area contributed by atoms with E-state index in [0.717, 1.165) is 24.2 Å². The number of hydrogen-bond acceptors (Lipinski definition) is 3. The molecule has 1 aromatic carbocycles. The molecule has 86 valence electrons. The van der Waals surface area contributed by atoms with Crippen LogP contribution in [-0.4, -0.2) is 17.5 Å². The van der Waals surface area contributed by atoms with E-state index in [9.17, 15) is 0 Å². The van der Waals surface area contributed by atoms with Crippen molar-refractivity contribution in [2.45, 2.75) is 31.8 Å². The lowest BCUT2D eigenvalue weighted by Crippen LogP contribution is -2.26. The fraction of sp³-hybridized carbons (Fsp3) is 0.429. The van der Waals surface area contributed by atoms with Gasteiger partial charge in [-0.3, -0.25) is 4.90 Å². The van der Waals surface area contributed by atoms with Gasteiger partial charge in [0.15, 0.2) is 0 Å². The molecule has 0 saturated heterocycles.